The fourth-order valence-corrected chi connectivity index (χ4v) is 12.9. The first-order valence-corrected chi connectivity index (χ1v) is 24.7. The van der Waals surface area contributed by atoms with E-state index < -0.39 is 0 Å². The number of hydrogen-bond acceptors (Lipinski definition) is 2. The molecule has 1 aromatic heterocycles. The van der Waals surface area contributed by atoms with E-state index in [0.29, 0.717) is 0 Å². The summed E-state index contributed by atoms with van der Waals surface area (Å²) in [5.74, 6) is 0. The van der Waals surface area contributed by atoms with E-state index in [4.69, 9.17) is 0 Å². The zero-order valence-electron chi connectivity index (χ0n) is 38.7. The summed E-state index contributed by atoms with van der Waals surface area (Å²) in [7, 11) is 0. The maximum absolute atomic E-state index is 2.58. The predicted octanol–water partition coefficient (Wildman–Crippen LogP) is 18.8. The Morgan fingerprint density at radius 2 is 0.853 bits per heavy atom. The molecule has 0 atom stereocenters. The smallest absolute Gasteiger partial charge is 0.0640 e. The third-order valence-electron chi connectivity index (χ3n) is 15.0. The van der Waals surface area contributed by atoms with Gasteiger partial charge >= 0.3 is 0 Å². The van der Waals surface area contributed by atoms with Gasteiger partial charge in [0, 0.05) is 37.7 Å². The number of benzene rings is 10. The van der Waals surface area contributed by atoms with Crippen LogP contribution >= 0.6 is 11.3 Å². The maximum Gasteiger partial charge on any atom is 0.0640 e. The normalized spacial score (nSPS) is 13.8. The van der Waals surface area contributed by atoms with Crippen LogP contribution in [0.25, 0.3) is 86.9 Å². The van der Waals surface area contributed by atoms with Gasteiger partial charge in [0.05, 0.1) is 10.4 Å². The van der Waals surface area contributed by atoms with E-state index in [2.05, 4.69) is 257 Å². The molecule has 0 saturated carbocycles. The standard InChI is InChI=1S/C66H49NS/c1-65(2)55-32-18-17-29-50(55)61-54(45-27-15-8-16-28-45)39-48(41-58(61)65)67(59-33-19-31-52-63-49(43-23-11-6-12-24-43)30-20-34-60(63)68-64(52)59)47-35-36-51-56(40-47)66(3,4)57-38-46(42-21-9-5-10-22-42)37-53(62(51)57)44-25-13-7-14-26-44/h5-41H,1-4H3. The summed E-state index contributed by atoms with van der Waals surface area (Å²) in [6.07, 6.45) is 0. The minimum absolute atomic E-state index is 0.211. The van der Waals surface area contributed by atoms with E-state index >= 15 is 0 Å². The van der Waals surface area contributed by atoms with Crippen LogP contribution in [-0.2, 0) is 10.8 Å². The molecule has 0 fully saturated rings. The summed E-state index contributed by atoms with van der Waals surface area (Å²) in [6.45, 7) is 9.66. The molecule has 2 aliphatic rings. The average molecular weight is 888 g/mol. The van der Waals surface area contributed by atoms with Crippen LogP contribution < -0.4 is 4.90 Å². The number of anilines is 3. The summed E-state index contributed by atoms with van der Waals surface area (Å²) < 4.78 is 2.56. The first kappa shape index (κ1) is 40.5. The van der Waals surface area contributed by atoms with Crippen molar-refractivity contribution >= 4 is 48.6 Å². The molecule has 2 aliphatic carbocycles. The molecule has 0 saturated heterocycles. The average Bonchev–Trinajstić information content (AvgIpc) is 3.97. The topological polar surface area (TPSA) is 3.24 Å². The Kier molecular flexibility index (Phi) is 9.16. The highest BCUT2D eigenvalue weighted by atomic mass is 32.1. The summed E-state index contributed by atoms with van der Waals surface area (Å²) >= 11 is 1.90. The largest absolute Gasteiger partial charge is 0.309 e. The zero-order chi connectivity index (χ0) is 45.7. The van der Waals surface area contributed by atoms with Gasteiger partial charge in [0.15, 0.2) is 0 Å². The van der Waals surface area contributed by atoms with Gasteiger partial charge in [-0.25, -0.2) is 0 Å². The highest BCUT2D eigenvalue weighted by Crippen LogP contribution is 2.58. The molecule has 0 N–H and O–H groups in total. The van der Waals surface area contributed by atoms with Crippen molar-refractivity contribution in [3.05, 3.63) is 247 Å². The number of fused-ring (bicyclic) bond motifs is 9. The number of hydrogen-bond donors (Lipinski definition) is 0. The van der Waals surface area contributed by atoms with Crippen LogP contribution in [-0.4, -0.2) is 0 Å². The van der Waals surface area contributed by atoms with E-state index in [-0.39, 0.29) is 10.8 Å². The molecule has 13 rings (SSSR count). The minimum Gasteiger partial charge on any atom is -0.309 e. The lowest BCUT2D eigenvalue weighted by molar-refractivity contribution is 0.660. The summed E-state index contributed by atoms with van der Waals surface area (Å²) in [4.78, 5) is 2.58. The van der Waals surface area contributed by atoms with Gasteiger partial charge < -0.3 is 4.90 Å². The van der Waals surface area contributed by atoms with Gasteiger partial charge in [0.1, 0.15) is 0 Å². The van der Waals surface area contributed by atoms with Crippen LogP contribution in [0.3, 0.4) is 0 Å². The van der Waals surface area contributed by atoms with Crippen molar-refractivity contribution < 1.29 is 0 Å². The first-order valence-electron chi connectivity index (χ1n) is 23.8. The monoisotopic (exact) mass is 887 g/mol. The van der Waals surface area contributed by atoms with E-state index in [1.54, 1.807) is 0 Å². The molecule has 11 aromatic rings. The molecule has 0 unspecified atom stereocenters. The summed E-state index contributed by atoms with van der Waals surface area (Å²) in [5.41, 5.74) is 23.7. The predicted molar refractivity (Wildman–Crippen MR) is 291 cm³/mol. The molecule has 2 heteroatoms. The summed E-state index contributed by atoms with van der Waals surface area (Å²) in [6, 6.07) is 83.7. The van der Waals surface area contributed by atoms with Crippen LogP contribution in [0.1, 0.15) is 49.9 Å². The quantitative estimate of drug-likeness (QED) is 0.154. The second-order valence-electron chi connectivity index (χ2n) is 19.6. The molecule has 0 radical (unpaired) electrons. The van der Waals surface area contributed by atoms with Crippen molar-refractivity contribution in [2.45, 2.75) is 38.5 Å². The Bertz CT molecular complexity index is 3770. The molecule has 0 aliphatic heterocycles. The Morgan fingerprint density at radius 3 is 1.53 bits per heavy atom. The van der Waals surface area contributed by atoms with Gasteiger partial charge in [0.2, 0.25) is 0 Å². The van der Waals surface area contributed by atoms with Crippen LogP contribution in [0.4, 0.5) is 17.1 Å². The van der Waals surface area contributed by atoms with E-state index in [9.17, 15) is 0 Å². The fraction of sp³-hybridized carbons (Fsp3) is 0.0909. The van der Waals surface area contributed by atoms with E-state index in [1.165, 1.54) is 115 Å². The Hall–Kier alpha value is -7.78. The lowest BCUT2D eigenvalue weighted by Gasteiger charge is -2.31. The number of nitrogens with zero attached hydrogens (tertiary/aromatic N) is 1. The molecule has 0 bridgehead atoms. The molecule has 324 valence electrons. The van der Waals surface area contributed by atoms with Crippen molar-refractivity contribution in [2.24, 2.45) is 0 Å². The van der Waals surface area contributed by atoms with Crippen LogP contribution in [0, 0.1) is 0 Å². The highest BCUT2D eigenvalue weighted by molar-refractivity contribution is 7.26. The molecule has 1 nitrogen and oxygen atoms in total. The van der Waals surface area contributed by atoms with Crippen LogP contribution in [0.15, 0.2) is 224 Å². The van der Waals surface area contributed by atoms with Gasteiger partial charge in [-0.2, -0.15) is 0 Å². The molecule has 0 spiro atoms. The number of rotatable bonds is 7. The molecule has 1 heterocycles. The molecule has 68 heavy (non-hydrogen) atoms. The third kappa shape index (κ3) is 6.14. The van der Waals surface area contributed by atoms with Gasteiger partial charge in [-0.15, -0.1) is 11.3 Å². The molecular weight excluding hydrogens is 839 g/mol. The van der Waals surface area contributed by atoms with Gasteiger partial charge in [-0.3, -0.25) is 0 Å². The van der Waals surface area contributed by atoms with Crippen LogP contribution in [0.2, 0.25) is 0 Å². The maximum atomic E-state index is 2.58. The van der Waals surface area contributed by atoms with Crippen molar-refractivity contribution in [1.29, 1.82) is 0 Å². The van der Waals surface area contributed by atoms with Crippen molar-refractivity contribution in [1.82, 2.24) is 0 Å². The van der Waals surface area contributed by atoms with Crippen molar-refractivity contribution in [2.75, 3.05) is 4.90 Å². The molecule has 0 amide bonds. The third-order valence-corrected chi connectivity index (χ3v) is 16.2. The Morgan fingerprint density at radius 1 is 0.338 bits per heavy atom. The first-order chi connectivity index (χ1) is 33.3. The van der Waals surface area contributed by atoms with Gasteiger partial charge in [0.25, 0.3) is 0 Å². The van der Waals surface area contributed by atoms with Crippen LogP contribution in [0.5, 0.6) is 0 Å². The molecule has 10 aromatic carbocycles. The molecular formula is C66H49NS. The second kappa shape index (κ2) is 15.4. The van der Waals surface area contributed by atoms with E-state index in [0.717, 1.165) is 11.4 Å². The lowest BCUT2D eigenvalue weighted by atomic mass is 9.80. The number of thiophene rings is 1. The van der Waals surface area contributed by atoms with Gasteiger partial charge in [-0.1, -0.05) is 204 Å². The second-order valence-corrected chi connectivity index (χ2v) is 20.7. The van der Waals surface area contributed by atoms with Crippen molar-refractivity contribution in [3.8, 4) is 66.8 Å². The summed E-state index contributed by atoms with van der Waals surface area (Å²) in [5, 5.41) is 2.59. The Balaban J connectivity index is 1.09. The zero-order valence-corrected chi connectivity index (χ0v) is 39.5. The van der Waals surface area contributed by atoms with Gasteiger partial charge in [-0.05, 0) is 138 Å². The van der Waals surface area contributed by atoms with Crippen molar-refractivity contribution in [3.63, 3.8) is 0 Å². The fourth-order valence-electron chi connectivity index (χ4n) is 11.7. The SMILES string of the molecule is CC1(C)c2cc(N(c3cc(-c4ccccc4)c4c(c3)C(C)(C)c3ccccc3-4)c3cccc4c3sc3cccc(-c5ccccc5)c34)ccc2-c2c(-c3ccccc3)cc(-c3ccccc3)cc21. The minimum atomic E-state index is -0.286. The Labute approximate surface area is 403 Å². The lowest BCUT2D eigenvalue weighted by Crippen LogP contribution is -2.18. The van der Waals surface area contributed by atoms with E-state index in [1.807, 2.05) is 11.3 Å². The highest BCUT2D eigenvalue weighted by Gasteiger charge is 2.40.